The van der Waals surface area contributed by atoms with Crippen LogP contribution in [0.2, 0.25) is 0 Å². The zero-order valence-corrected chi connectivity index (χ0v) is 14.2. The molecule has 1 aromatic rings. The smallest absolute Gasteiger partial charge is 0.251 e. The van der Waals surface area contributed by atoms with Crippen LogP contribution in [0, 0.1) is 0 Å². The molecular weight excluding hydrogens is 316 g/mol. The van der Waals surface area contributed by atoms with Gasteiger partial charge in [0.2, 0.25) is 10.0 Å². The molecule has 23 heavy (non-hydrogen) atoms. The number of carbonyl (C=O) groups is 1. The third kappa shape index (κ3) is 4.63. The van der Waals surface area contributed by atoms with E-state index in [4.69, 9.17) is 4.74 Å². The van der Waals surface area contributed by atoms with Crippen LogP contribution >= 0.6 is 0 Å². The zero-order valence-electron chi connectivity index (χ0n) is 13.4. The van der Waals surface area contributed by atoms with E-state index in [-0.39, 0.29) is 5.91 Å². The fourth-order valence-corrected chi connectivity index (χ4v) is 3.51. The lowest BCUT2D eigenvalue weighted by molar-refractivity contribution is -0.142. The molecule has 1 amide bonds. The summed E-state index contributed by atoms with van der Waals surface area (Å²) in [6, 6.07) is 9.27. The van der Waals surface area contributed by atoms with Crippen molar-refractivity contribution in [3.8, 4) is 0 Å². The summed E-state index contributed by atoms with van der Waals surface area (Å²) in [6.45, 7) is 3.04. The number of benzene rings is 1. The highest BCUT2D eigenvalue weighted by Crippen LogP contribution is 2.12. The minimum absolute atomic E-state index is 0.107. The summed E-state index contributed by atoms with van der Waals surface area (Å²) in [4.78, 5) is 13.7. The van der Waals surface area contributed by atoms with Crippen molar-refractivity contribution in [2.75, 3.05) is 33.3 Å². The van der Waals surface area contributed by atoms with Crippen molar-refractivity contribution in [2.45, 2.75) is 13.0 Å². The van der Waals surface area contributed by atoms with E-state index >= 15 is 0 Å². The molecule has 126 valence electrons. The maximum Gasteiger partial charge on any atom is 0.251 e. The average Bonchev–Trinajstić information content (AvgIpc) is 2.59. The third-order valence-corrected chi connectivity index (χ3v) is 5.41. The van der Waals surface area contributed by atoms with E-state index < -0.39 is 16.1 Å². The lowest BCUT2D eigenvalue weighted by Crippen LogP contribution is -2.52. The molecule has 1 unspecified atom stereocenters. The van der Waals surface area contributed by atoms with E-state index in [1.54, 1.807) is 17.9 Å². The summed E-state index contributed by atoms with van der Waals surface area (Å²) in [5.41, 5.74) is 0.832. The van der Waals surface area contributed by atoms with Crippen molar-refractivity contribution >= 4 is 22.0 Å². The molecule has 0 bridgehead atoms. The zero-order chi connectivity index (χ0) is 16.9. The number of piperazine rings is 1. The van der Waals surface area contributed by atoms with Gasteiger partial charge in [-0.3, -0.25) is 4.79 Å². The van der Waals surface area contributed by atoms with Gasteiger partial charge in [0.15, 0.2) is 0 Å². The maximum atomic E-state index is 12.3. The lowest BCUT2D eigenvalue weighted by atomic mass is 10.2. The van der Waals surface area contributed by atoms with Gasteiger partial charge >= 0.3 is 0 Å². The molecule has 1 aliphatic heterocycles. The minimum Gasteiger partial charge on any atom is -0.372 e. The monoisotopic (exact) mass is 338 g/mol. The number of amides is 1. The van der Waals surface area contributed by atoms with E-state index in [0.717, 1.165) is 5.56 Å². The Morgan fingerprint density at radius 3 is 2.35 bits per heavy atom. The van der Waals surface area contributed by atoms with Crippen molar-refractivity contribution in [2.24, 2.45) is 0 Å². The molecule has 0 spiro atoms. The van der Waals surface area contributed by atoms with E-state index in [9.17, 15) is 13.2 Å². The van der Waals surface area contributed by atoms with Gasteiger partial charge < -0.3 is 9.64 Å². The van der Waals surface area contributed by atoms with Crippen LogP contribution in [0.4, 0.5) is 0 Å². The first-order valence-corrected chi connectivity index (χ1v) is 8.99. The summed E-state index contributed by atoms with van der Waals surface area (Å²) in [5, 5.41) is 1.22. The fraction of sp³-hybridized carbons (Fsp3) is 0.438. The molecule has 0 saturated carbocycles. The summed E-state index contributed by atoms with van der Waals surface area (Å²) in [6.07, 6.45) is 1.08. The summed E-state index contributed by atoms with van der Waals surface area (Å²) >= 11 is 0. The normalized spacial score (nSPS) is 18.3. The van der Waals surface area contributed by atoms with Crippen LogP contribution in [-0.2, 0) is 19.6 Å². The summed E-state index contributed by atoms with van der Waals surface area (Å²) in [5.74, 6) is -0.107. The van der Waals surface area contributed by atoms with Crippen molar-refractivity contribution in [3.63, 3.8) is 0 Å². The van der Waals surface area contributed by atoms with Crippen LogP contribution in [0.5, 0.6) is 0 Å². The highest BCUT2D eigenvalue weighted by molar-refractivity contribution is 7.92. The molecule has 1 heterocycles. The molecule has 1 atom stereocenters. The predicted octanol–water partition coefficient (Wildman–Crippen LogP) is 1.17. The van der Waals surface area contributed by atoms with E-state index in [1.807, 2.05) is 30.3 Å². The topological polar surface area (TPSA) is 66.9 Å². The molecule has 0 N–H and O–H groups in total. The second-order valence-electron chi connectivity index (χ2n) is 5.36. The van der Waals surface area contributed by atoms with Crippen LogP contribution < -0.4 is 0 Å². The number of nitrogens with zero attached hydrogens (tertiary/aromatic N) is 2. The van der Waals surface area contributed by atoms with Gasteiger partial charge in [0.05, 0.1) is 0 Å². The second kappa shape index (κ2) is 7.72. The summed E-state index contributed by atoms with van der Waals surface area (Å²) < 4.78 is 31.1. The molecular formula is C16H22N2O4S. The number of ether oxygens (including phenoxy) is 1. The molecule has 2 rings (SSSR count). The van der Waals surface area contributed by atoms with Crippen molar-refractivity contribution < 1.29 is 17.9 Å². The van der Waals surface area contributed by atoms with Gasteiger partial charge in [-0.15, -0.1) is 0 Å². The molecule has 1 fully saturated rings. The van der Waals surface area contributed by atoms with Gasteiger partial charge in [-0.05, 0) is 18.6 Å². The number of sulfonamides is 1. The Balaban J connectivity index is 1.96. The molecule has 1 aromatic carbocycles. The van der Waals surface area contributed by atoms with Gasteiger partial charge in [-0.2, -0.15) is 4.31 Å². The first kappa shape index (κ1) is 17.7. The second-order valence-corrected chi connectivity index (χ2v) is 7.18. The SMILES string of the molecule is COC(C)C(=O)N1CCN(S(=O)(=O)C=Cc2ccccc2)CC1. The number of methoxy groups -OCH3 is 1. The number of carbonyl (C=O) groups excluding carboxylic acids is 1. The van der Waals surface area contributed by atoms with Crippen molar-refractivity contribution in [1.29, 1.82) is 0 Å². The Hall–Kier alpha value is -1.70. The molecule has 7 heteroatoms. The van der Waals surface area contributed by atoms with Crippen LogP contribution in [0.1, 0.15) is 12.5 Å². The van der Waals surface area contributed by atoms with Gasteiger partial charge in [-0.25, -0.2) is 8.42 Å². The number of hydrogen-bond acceptors (Lipinski definition) is 4. The lowest BCUT2D eigenvalue weighted by Gasteiger charge is -2.34. The maximum absolute atomic E-state index is 12.3. The Bertz CT molecular complexity index is 650. The first-order chi connectivity index (χ1) is 10.9. The number of rotatable bonds is 5. The Labute approximate surface area is 137 Å². The number of hydrogen-bond donors (Lipinski definition) is 0. The Kier molecular flexibility index (Phi) is 5.92. The highest BCUT2D eigenvalue weighted by atomic mass is 32.2. The highest BCUT2D eigenvalue weighted by Gasteiger charge is 2.29. The molecule has 0 aliphatic carbocycles. The largest absolute Gasteiger partial charge is 0.372 e. The van der Waals surface area contributed by atoms with Crippen molar-refractivity contribution in [1.82, 2.24) is 9.21 Å². The quantitative estimate of drug-likeness (QED) is 0.808. The van der Waals surface area contributed by atoms with Gasteiger partial charge in [0.1, 0.15) is 6.10 Å². The fourth-order valence-electron chi connectivity index (χ4n) is 2.34. The van der Waals surface area contributed by atoms with Gasteiger partial charge in [0.25, 0.3) is 5.91 Å². The van der Waals surface area contributed by atoms with Gasteiger partial charge in [-0.1, -0.05) is 30.3 Å². The van der Waals surface area contributed by atoms with E-state index in [2.05, 4.69) is 0 Å². The molecule has 1 saturated heterocycles. The van der Waals surface area contributed by atoms with Crippen LogP contribution in [0.25, 0.3) is 6.08 Å². The molecule has 6 nitrogen and oxygen atoms in total. The predicted molar refractivity (Wildman–Crippen MR) is 89.0 cm³/mol. The molecule has 0 aromatic heterocycles. The Morgan fingerprint density at radius 1 is 1.17 bits per heavy atom. The molecule has 0 radical (unpaired) electrons. The van der Waals surface area contributed by atoms with Crippen LogP contribution in [-0.4, -0.2) is 62.9 Å². The average molecular weight is 338 g/mol. The van der Waals surface area contributed by atoms with E-state index in [1.165, 1.54) is 16.8 Å². The summed E-state index contributed by atoms with van der Waals surface area (Å²) in [7, 11) is -1.99. The van der Waals surface area contributed by atoms with E-state index in [0.29, 0.717) is 26.2 Å². The van der Waals surface area contributed by atoms with Crippen molar-refractivity contribution in [3.05, 3.63) is 41.3 Å². The van der Waals surface area contributed by atoms with Crippen LogP contribution in [0.3, 0.4) is 0 Å². The third-order valence-electron chi connectivity index (χ3n) is 3.84. The van der Waals surface area contributed by atoms with Crippen LogP contribution in [0.15, 0.2) is 35.7 Å². The first-order valence-electron chi connectivity index (χ1n) is 7.49. The minimum atomic E-state index is -3.47. The molecule has 1 aliphatic rings. The Morgan fingerprint density at radius 2 is 1.78 bits per heavy atom. The van der Waals surface area contributed by atoms with Gasteiger partial charge in [0, 0.05) is 38.7 Å². The standard InChI is InChI=1S/C16H22N2O4S/c1-14(22-2)16(19)17-9-11-18(12-10-17)23(20,21)13-8-15-6-4-3-5-7-15/h3-8,13-14H,9-12H2,1-2H3.